The van der Waals surface area contributed by atoms with Crippen molar-refractivity contribution in [2.45, 2.75) is 26.3 Å². The summed E-state index contributed by atoms with van der Waals surface area (Å²) in [6.45, 7) is 4.17. The Bertz CT molecular complexity index is 446. The van der Waals surface area contributed by atoms with Gasteiger partial charge in [0.15, 0.2) is 0 Å². The number of nitrogens with zero attached hydrogens (tertiary/aromatic N) is 3. The molecule has 0 amide bonds. The van der Waals surface area contributed by atoms with E-state index < -0.39 is 4.92 Å². The van der Waals surface area contributed by atoms with Gasteiger partial charge in [0, 0.05) is 6.04 Å². The van der Waals surface area contributed by atoms with Crippen LogP contribution < -0.4 is 11.1 Å². The first-order valence-corrected chi connectivity index (χ1v) is 4.93. The fourth-order valence-electron chi connectivity index (χ4n) is 1.56. The zero-order valence-corrected chi connectivity index (χ0v) is 9.10. The van der Waals surface area contributed by atoms with Crippen molar-refractivity contribution in [1.29, 1.82) is 0 Å². The highest BCUT2D eigenvalue weighted by Gasteiger charge is 2.46. The van der Waals surface area contributed by atoms with Crippen molar-refractivity contribution in [2.75, 3.05) is 11.1 Å². The molecule has 1 atom stereocenters. The molecule has 0 saturated heterocycles. The van der Waals surface area contributed by atoms with Crippen molar-refractivity contribution in [3.8, 4) is 0 Å². The summed E-state index contributed by atoms with van der Waals surface area (Å²) in [5.74, 6) is 0.0917. The van der Waals surface area contributed by atoms with Crippen LogP contribution in [-0.4, -0.2) is 20.9 Å². The van der Waals surface area contributed by atoms with Crippen LogP contribution in [0.1, 0.15) is 20.3 Å². The Morgan fingerprint density at radius 2 is 2.25 bits per heavy atom. The lowest BCUT2D eigenvalue weighted by Gasteiger charge is -2.07. The molecule has 1 aromatic rings. The molecule has 1 heterocycles. The molecule has 1 aliphatic rings. The van der Waals surface area contributed by atoms with E-state index in [4.69, 9.17) is 5.73 Å². The SMILES string of the molecule is CC1(C)CC1Nc1ncnc(N)c1[N+](=O)[O-]. The highest BCUT2D eigenvalue weighted by atomic mass is 16.6. The average Bonchev–Trinajstić information content (AvgIpc) is 2.72. The van der Waals surface area contributed by atoms with Gasteiger partial charge in [-0.15, -0.1) is 0 Å². The normalized spacial score (nSPS) is 21.5. The summed E-state index contributed by atoms with van der Waals surface area (Å²) in [6, 6.07) is 0.209. The number of rotatable bonds is 3. The third-order valence-electron chi connectivity index (χ3n) is 2.86. The topological polar surface area (TPSA) is 107 Å². The zero-order chi connectivity index (χ0) is 11.9. The smallest absolute Gasteiger partial charge is 0.352 e. The Morgan fingerprint density at radius 3 is 2.75 bits per heavy atom. The summed E-state index contributed by atoms with van der Waals surface area (Å²) in [7, 11) is 0. The molecule has 3 N–H and O–H groups in total. The molecule has 0 bridgehead atoms. The van der Waals surface area contributed by atoms with Gasteiger partial charge >= 0.3 is 5.69 Å². The lowest BCUT2D eigenvalue weighted by molar-refractivity contribution is -0.383. The summed E-state index contributed by atoms with van der Waals surface area (Å²) in [5, 5.41) is 13.8. The third-order valence-corrected chi connectivity index (χ3v) is 2.86. The molecule has 0 aromatic carbocycles. The summed E-state index contributed by atoms with van der Waals surface area (Å²) in [4.78, 5) is 17.7. The summed E-state index contributed by atoms with van der Waals surface area (Å²) < 4.78 is 0. The van der Waals surface area contributed by atoms with Crippen LogP contribution in [0.15, 0.2) is 6.33 Å². The molecular weight excluding hydrogens is 210 g/mol. The maximum Gasteiger partial charge on any atom is 0.352 e. The van der Waals surface area contributed by atoms with Gasteiger partial charge < -0.3 is 11.1 Å². The van der Waals surface area contributed by atoms with Crippen molar-refractivity contribution in [1.82, 2.24) is 9.97 Å². The number of nitrogen functional groups attached to an aromatic ring is 1. The number of anilines is 2. The largest absolute Gasteiger partial charge is 0.378 e. The number of hydrogen-bond acceptors (Lipinski definition) is 6. The van der Waals surface area contributed by atoms with Crippen molar-refractivity contribution in [2.24, 2.45) is 5.41 Å². The fourth-order valence-corrected chi connectivity index (χ4v) is 1.56. The minimum atomic E-state index is -0.562. The predicted molar refractivity (Wildman–Crippen MR) is 58.9 cm³/mol. The van der Waals surface area contributed by atoms with E-state index in [9.17, 15) is 10.1 Å². The number of aromatic nitrogens is 2. The molecule has 0 radical (unpaired) electrons. The second kappa shape index (κ2) is 3.29. The second-order valence-corrected chi connectivity index (χ2v) is 4.60. The van der Waals surface area contributed by atoms with Crippen molar-refractivity contribution >= 4 is 17.3 Å². The molecule has 7 nitrogen and oxygen atoms in total. The zero-order valence-electron chi connectivity index (χ0n) is 9.10. The quantitative estimate of drug-likeness (QED) is 0.588. The first-order valence-electron chi connectivity index (χ1n) is 4.93. The molecule has 1 unspecified atom stereocenters. The van der Waals surface area contributed by atoms with E-state index in [1.165, 1.54) is 6.33 Å². The molecule has 86 valence electrons. The first kappa shape index (κ1) is 10.6. The van der Waals surface area contributed by atoms with Gasteiger partial charge in [0.05, 0.1) is 4.92 Å². The maximum absolute atomic E-state index is 10.8. The molecule has 0 aliphatic heterocycles. The van der Waals surface area contributed by atoms with Gasteiger partial charge in [-0.25, -0.2) is 9.97 Å². The van der Waals surface area contributed by atoms with Crippen LogP contribution in [0.5, 0.6) is 0 Å². The van der Waals surface area contributed by atoms with E-state index in [2.05, 4.69) is 29.1 Å². The van der Waals surface area contributed by atoms with Crippen LogP contribution in [0.4, 0.5) is 17.3 Å². The Labute approximate surface area is 92.2 Å². The second-order valence-electron chi connectivity index (χ2n) is 4.60. The Kier molecular flexibility index (Phi) is 2.18. The van der Waals surface area contributed by atoms with E-state index in [0.29, 0.717) is 0 Å². The van der Waals surface area contributed by atoms with E-state index in [-0.39, 0.29) is 28.8 Å². The Hall–Kier alpha value is -1.92. The number of nitrogens with two attached hydrogens (primary N) is 1. The first-order chi connectivity index (χ1) is 7.42. The van der Waals surface area contributed by atoms with Crippen molar-refractivity contribution in [3.63, 3.8) is 0 Å². The fraction of sp³-hybridized carbons (Fsp3) is 0.556. The van der Waals surface area contributed by atoms with Crippen LogP contribution in [0.3, 0.4) is 0 Å². The van der Waals surface area contributed by atoms with Gasteiger partial charge in [0.2, 0.25) is 11.6 Å². The summed E-state index contributed by atoms with van der Waals surface area (Å²) in [6.07, 6.45) is 2.19. The van der Waals surface area contributed by atoms with Gasteiger partial charge in [0.1, 0.15) is 6.33 Å². The summed E-state index contributed by atoms with van der Waals surface area (Å²) >= 11 is 0. The van der Waals surface area contributed by atoms with Gasteiger partial charge in [-0.2, -0.15) is 0 Å². The summed E-state index contributed by atoms with van der Waals surface area (Å²) in [5.41, 5.74) is 5.37. The van der Waals surface area contributed by atoms with Gasteiger partial charge in [-0.1, -0.05) is 13.8 Å². The van der Waals surface area contributed by atoms with Crippen LogP contribution in [-0.2, 0) is 0 Å². The van der Waals surface area contributed by atoms with Gasteiger partial charge in [0.25, 0.3) is 0 Å². The highest BCUT2D eigenvalue weighted by molar-refractivity contribution is 5.67. The molecule has 16 heavy (non-hydrogen) atoms. The average molecular weight is 223 g/mol. The monoisotopic (exact) mass is 223 g/mol. The lowest BCUT2D eigenvalue weighted by Crippen LogP contribution is -2.13. The van der Waals surface area contributed by atoms with E-state index in [0.717, 1.165) is 6.42 Å². The molecule has 0 spiro atoms. The van der Waals surface area contributed by atoms with Crippen LogP contribution in [0.2, 0.25) is 0 Å². The van der Waals surface area contributed by atoms with Crippen molar-refractivity contribution in [3.05, 3.63) is 16.4 Å². The Balaban J connectivity index is 2.27. The third kappa shape index (κ3) is 1.75. The Morgan fingerprint density at radius 1 is 1.62 bits per heavy atom. The maximum atomic E-state index is 10.8. The van der Waals surface area contributed by atoms with Gasteiger partial charge in [-0.3, -0.25) is 10.1 Å². The molecule has 1 aromatic heterocycles. The van der Waals surface area contributed by atoms with E-state index in [1.807, 2.05) is 0 Å². The van der Waals surface area contributed by atoms with E-state index in [1.54, 1.807) is 0 Å². The molecule has 1 saturated carbocycles. The minimum Gasteiger partial charge on any atom is -0.378 e. The molecular formula is C9H13N5O2. The van der Waals surface area contributed by atoms with Crippen LogP contribution in [0, 0.1) is 15.5 Å². The van der Waals surface area contributed by atoms with Gasteiger partial charge in [-0.05, 0) is 11.8 Å². The highest BCUT2D eigenvalue weighted by Crippen LogP contribution is 2.47. The minimum absolute atomic E-state index is 0.110. The molecule has 1 fully saturated rings. The predicted octanol–water partition coefficient (Wildman–Crippen LogP) is 1.18. The van der Waals surface area contributed by atoms with Crippen LogP contribution >= 0.6 is 0 Å². The standard InChI is InChI=1S/C9H13N5O2/c1-9(2)3-5(9)13-8-6(14(15)16)7(10)11-4-12-8/h4-5H,3H2,1-2H3,(H3,10,11,12,13). The number of hydrogen-bond donors (Lipinski definition) is 2. The number of nitro groups is 1. The van der Waals surface area contributed by atoms with Crippen molar-refractivity contribution < 1.29 is 4.92 Å². The van der Waals surface area contributed by atoms with E-state index >= 15 is 0 Å². The van der Waals surface area contributed by atoms with Crippen LogP contribution in [0.25, 0.3) is 0 Å². The lowest BCUT2D eigenvalue weighted by atomic mass is 10.2. The molecule has 1 aliphatic carbocycles. The number of nitrogens with one attached hydrogen (secondary N) is 1. The molecule has 2 rings (SSSR count). The molecule has 7 heteroatoms.